The lowest BCUT2D eigenvalue weighted by molar-refractivity contribution is 0.0652. The second-order valence-electron chi connectivity index (χ2n) is 11.0. The molecule has 6 heteroatoms. The summed E-state index contributed by atoms with van der Waals surface area (Å²) in [6.07, 6.45) is 10.0. The van der Waals surface area contributed by atoms with Crippen molar-refractivity contribution >= 4 is 27.8 Å². The van der Waals surface area contributed by atoms with Gasteiger partial charge in [-0.05, 0) is 111 Å². The van der Waals surface area contributed by atoms with E-state index in [1.165, 1.54) is 24.5 Å². The van der Waals surface area contributed by atoms with Gasteiger partial charge in [0.25, 0.3) is 5.91 Å². The number of benzene rings is 2. The molecule has 0 radical (unpaired) electrons. The van der Waals surface area contributed by atoms with Crippen LogP contribution in [0.5, 0.6) is 0 Å². The van der Waals surface area contributed by atoms with Gasteiger partial charge in [0.05, 0.1) is 16.6 Å². The molecule has 7 rings (SSSR count). The summed E-state index contributed by atoms with van der Waals surface area (Å²) < 4.78 is 14.0. The Kier molecular flexibility index (Phi) is 5.30. The highest BCUT2D eigenvalue weighted by Gasteiger charge is 2.41. The maximum absolute atomic E-state index is 14.0. The number of likely N-dealkylation sites (tertiary alicyclic amines) is 1. The Hall–Kier alpha value is -3.28. The first kappa shape index (κ1) is 22.0. The summed E-state index contributed by atoms with van der Waals surface area (Å²) in [6, 6.07) is 12.9. The summed E-state index contributed by atoms with van der Waals surface area (Å²) in [5, 5.41) is 0.959. The largest absolute Gasteiger partial charge is 0.342 e. The van der Waals surface area contributed by atoms with Gasteiger partial charge in [-0.15, -0.1) is 0 Å². The van der Waals surface area contributed by atoms with Gasteiger partial charge >= 0.3 is 0 Å². The summed E-state index contributed by atoms with van der Waals surface area (Å²) in [4.78, 5) is 27.7. The summed E-state index contributed by atoms with van der Waals surface area (Å²) in [5.41, 5.74) is 4.79. The van der Waals surface area contributed by atoms with Crippen molar-refractivity contribution in [2.75, 3.05) is 13.1 Å². The van der Waals surface area contributed by atoms with E-state index in [1.807, 2.05) is 29.3 Å². The lowest BCUT2D eigenvalue weighted by Crippen LogP contribution is -2.41. The zero-order chi connectivity index (χ0) is 24.2. The number of aromatic amines is 1. The monoisotopic (exact) mass is 482 g/mol. The van der Waals surface area contributed by atoms with E-state index in [1.54, 1.807) is 12.1 Å². The lowest BCUT2D eigenvalue weighted by atomic mass is 9.72. The third kappa shape index (κ3) is 3.87. The van der Waals surface area contributed by atoms with Crippen LogP contribution in [0.1, 0.15) is 78.5 Å². The number of pyridine rings is 1. The van der Waals surface area contributed by atoms with Gasteiger partial charge in [-0.2, -0.15) is 0 Å². The zero-order valence-electron chi connectivity index (χ0n) is 20.4. The van der Waals surface area contributed by atoms with Crippen molar-refractivity contribution in [3.63, 3.8) is 0 Å². The molecule has 36 heavy (non-hydrogen) atoms. The van der Waals surface area contributed by atoms with Crippen LogP contribution in [0.3, 0.4) is 0 Å². The number of carbonyl (C=O) groups excluding carboxylic acids is 1. The van der Waals surface area contributed by atoms with Crippen molar-refractivity contribution in [3.8, 4) is 0 Å². The quantitative estimate of drug-likeness (QED) is 0.350. The molecular formula is C30H31FN4O. The number of nitrogens with one attached hydrogen (secondary N) is 1. The van der Waals surface area contributed by atoms with Crippen LogP contribution in [0.25, 0.3) is 21.9 Å². The molecule has 0 bridgehead atoms. The molecule has 2 aromatic heterocycles. The second kappa shape index (κ2) is 8.68. The van der Waals surface area contributed by atoms with E-state index in [4.69, 9.17) is 4.98 Å². The first-order chi connectivity index (χ1) is 17.6. The molecule has 3 aliphatic rings. The van der Waals surface area contributed by atoms with Gasteiger partial charge in [-0.25, -0.2) is 9.37 Å². The molecule has 1 N–H and O–H groups in total. The van der Waals surface area contributed by atoms with Crippen LogP contribution in [0.15, 0.2) is 48.7 Å². The fourth-order valence-corrected chi connectivity index (χ4v) is 6.59. The van der Waals surface area contributed by atoms with Crippen LogP contribution in [0.4, 0.5) is 4.39 Å². The molecule has 1 amide bonds. The number of nitrogens with zero attached hydrogens (tertiary/aromatic N) is 3. The molecule has 1 unspecified atom stereocenters. The first-order valence-corrected chi connectivity index (χ1v) is 13.5. The fraction of sp³-hybridized carbons (Fsp3) is 0.433. The number of H-pyrrole nitrogens is 1. The smallest absolute Gasteiger partial charge is 0.253 e. The summed E-state index contributed by atoms with van der Waals surface area (Å²) in [7, 11) is 0. The Balaban J connectivity index is 1.12. The molecule has 4 aromatic rings. The van der Waals surface area contributed by atoms with Gasteiger partial charge in [-0.1, -0.05) is 0 Å². The highest BCUT2D eigenvalue weighted by Crippen LogP contribution is 2.52. The first-order valence-electron chi connectivity index (χ1n) is 13.5. The van der Waals surface area contributed by atoms with E-state index in [0.717, 1.165) is 78.5 Å². The van der Waals surface area contributed by atoms with Crippen LogP contribution in [0, 0.1) is 17.7 Å². The molecule has 1 aliphatic heterocycles. The van der Waals surface area contributed by atoms with Crippen LogP contribution < -0.4 is 0 Å². The number of hydrogen-bond donors (Lipinski definition) is 1. The van der Waals surface area contributed by atoms with Gasteiger partial charge < -0.3 is 9.88 Å². The van der Waals surface area contributed by atoms with E-state index in [0.29, 0.717) is 23.7 Å². The minimum atomic E-state index is -0.196. The van der Waals surface area contributed by atoms with E-state index in [9.17, 15) is 9.18 Å². The van der Waals surface area contributed by atoms with Crippen molar-refractivity contribution in [1.82, 2.24) is 19.9 Å². The molecule has 184 valence electrons. The molecule has 3 fully saturated rings. The van der Waals surface area contributed by atoms with Crippen molar-refractivity contribution in [2.24, 2.45) is 11.8 Å². The number of hydrogen-bond acceptors (Lipinski definition) is 3. The normalized spacial score (nSPS) is 23.1. The topological polar surface area (TPSA) is 61.9 Å². The van der Waals surface area contributed by atoms with Crippen LogP contribution in [-0.4, -0.2) is 38.8 Å². The summed E-state index contributed by atoms with van der Waals surface area (Å²) in [5.74, 6) is 3.21. The third-order valence-corrected chi connectivity index (χ3v) is 8.79. The number of aromatic nitrogens is 3. The SMILES string of the molecule is O=C(c1ccc2nc(C(C3CCC(c4ccnc5ccc(F)cc45)CC3)C3CC3)[nH]c2c1)N1CCC1. The van der Waals surface area contributed by atoms with E-state index in [2.05, 4.69) is 16.0 Å². The highest BCUT2D eigenvalue weighted by atomic mass is 19.1. The molecule has 5 nitrogen and oxygen atoms in total. The molecule has 0 spiro atoms. The Labute approximate surface area is 210 Å². The van der Waals surface area contributed by atoms with Crippen molar-refractivity contribution in [2.45, 2.75) is 56.8 Å². The third-order valence-electron chi connectivity index (χ3n) is 8.79. The predicted molar refractivity (Wildman–Crippen MR) is 138 cm³/mol. The fourth-order valence-electron chi connectivity index (χ4n) is 6.59. The average Bonchev–Trinajstić information content (AvgIpc) is 3.60. The molecule has 2 aromatic carbocycles. The lowest BCUT2D eigenvalue weighted by Gasteiger charge is -2.34. The van der Waals surface area contributed by atoms with Gasteiger partial charge in [0.2, 0.25) is 0 Å². The molecule has 2 aliphatic carbocycles. The maximum Gasteiger partial charge on any atom is 0.253 e. The van der Waals surface area contributed by atoms with Gasteiger partial charge in [0, 0.05) is 36.2 Å². The Bertz CT molecular complexity index is 1450. The minimum Gasteiger partial charge on any atom is -0.342 e. The number of amides is 1. The minimum absolute atomic E-state index is 0.125. The number of fused-ring (bicyclic) bond motifs is 2. The van der Waals surface area contributed by atoms with E-state index < -0.39 is 0 Å². The van der Waals surface area contributed by atoms with Gasteiger partial charge in [0.15, 0.2) is 0 Å². The molecule has 1 atom stereocenters. The van der Waals surface area contributed by atoms with Crippen molar-refractivity contribution < 1.29 is 9.18 Å². The van der Waals surface area contributed by atoms with Gasteiger partial charge in [0.1, 0.15) is 11.6 Å². The molecular weight excluding hydrogens is 451 g/mol. The van der Waals surface area contributed by atoms with Crippen LogP contribution >= 0.6 is 0 Å². The standard InChI is InChI=1S/C30H31FN4O/c31-22-9-11-25-24(17-22)23(12-13-32-25)18-2-4-19(5-3-18)28(20-6-7-20)29-33-26-10-8-21(16-27(26)34-29)30(36)35-14-1-15-35/h8-13,16-20,28H,1-7,14-15H2,(H,33,34). The summed E-state index contributed by atoms with van der Waals surface area (Å²) in [6.45, 7) is 1.73. The van der Waals surface area contributed by atoms with Crippen molar-refractivity contribution in [1.29, 1.82) is 0 Å². The number of carbonyl (C=O) groups is 1. The van der Waals surface area contributed by atoms with Crippen LogP contribution in [0.2, 0.25) is 0 Å². The zero-order valence-corrected chi connectivity index (χ0v) is 20.4. The van der Waals surface area contributed by atoms with Gasteiger partial charge in [-0.3, -0.25) is 9.78 Å². The van der Waals surface area contributed by atoms with E-state index >= 15 is 0 Å². The van der Waals surface area contributed by atoms with E-state index in [-0.39, 0.29) is 11.7 Å². The molecule has 2 saturated carbocycles. The van der Waals surface area contributed by atoms with Crippen molar-refractivity contribution in [3.05, 3.63) is 71.4 Å². The average molecular weight is 483 g/mol. The molecule has 3 heterocycles. The predicted octanol–water partition coefficient (Wildman–Crippen LogP) is 6.56. The number of rotatable bonds is 5. The van der Waals surface area contributed by atoms with Crippen LogP contribution in [-0.2, 0) is 0 Å². The summed E-state index contributed by atoms with van der Waals surface area (Å²) >= 11 is 0. The number of imidazole rings is 1. The maximum atomic E-state index is 14.0. The Morgan fingerprint density at radius 3 is 2.42 bits per heavy atom. The number of halogens is 1. The Morgan fingerprint density at radius 2 is 1.69 bits per heavy atom. The highest BCUT2D eigenvalue weighted by molar-refractivity contribution is 5.97. The molecule has 1 saturated heterocycles. The Morgan fingerprint density at radius 1 is 0.944 bits per heavy atom. The second-order valence-corrected chi connectivity index (χ2v) is 11.0.